The topological polar surface area (TPSA) is 64.8 Å². The number of likely N-dealkylation sites (tertiary alicyclic amines) is 1. The molecule has 1 aromatic carbocycles. The van der Waals surface area contributed by atoms with Gasteiger partial charge in [-0.15, -0.1) is 0 Å². The fourth-order valence-corrected chi connectivity index (χ4v) is 2.80. The van der Waals surface area contributed by atoms with Gasteiger partial charge in [0, 0.05) is 26.2 Å². The largest absolute Gasteiger partial charge is 0.493 e. The molecule has 1 aliphatic rings. The summed E-state index contributed by atoms with van der Waals surface area (Å²) in [5.41, 5.74) is 6.45. The number of hydrogen-bond donors (Lipinski definition) is 1. The van der Waals surface area contributed by atoms with Gasteiger partial charge in [0.1, 0.15) is 5.75 Å². The molecule has 21 heavy (non-hydrogen) atoms. The molecular weight excluding hydrogens is 268 g/mol. The van der Waals surface area contributed by atoms with Crippen molar-refractivity contribution in [3.05, 3.63) is 29.8 Å². The Hall–Kier alpha value is -1.59. The normalized spacial score (nSPS) is 22.1. The molecule has 1 aromatic rings. The van der Waals surface area contributed by atoms with Crippen LogP contribution in [0.5, 0.6) is 5.75 Å². The van der Waals surface area contributed by atoms with Crippen LogP contribution in [0, 0.1) is 0 Å². The summed E-state index contributed by atoms with van der Waals surface area (Å²) in [7, 11) is 1.71. The van der Waals surface area contributed by atoms with Gasteiger partial charge in [0.15, 0.2) is 0 Å². The lowest BCUT2D eigenvalue weighted by Gasteiger charge is -2.38. The standard InChI is InChI=1S/C16H24N2O3/c1-3-21-15-7-5-4-6-14(15)16(19)18-9-8-13(20-2)10-12(18)11-17/h4-7,12-13H,3,8-11,17H2,1-2H3. The molecule has 0 aliphatic carbocycles. The van der Waals surface area contributed by atoms with E-state index in [0.717, 1.165) is 12.8 Å². The quantitative estimate of drug-likeness (QED) is 0.896. The van der Waals surface area contributed by atoms with E-state index in [1.165, 1.54) is 0 Å². The van der Waals surface area contributed by atoms with E-state index < -0.39 is 0 Å². The highest BCUT2D eigenvalue weighted by atomic mass is 16.5. The van der Waals surface area contributed by atoms with Gasteiger partial charge in [-0.1, -0.05) is 12.1 Å². The fourth-order valence-electron chi connectivity index (χ4n) is 2.80. The zero-order valence-electron chi connectivity index (χ0n) is 12.7. The minimum atomic E-state index is -0.0101. The van der Waals surface area contributed by atoms with Gasteiger partial charge in [-0.25, -0.2) is 0 Å². The number of nitrogens with zero attached hydrogens (tertiary/aromatic N) is 1. The van der Waals surface area contributed by atoms with Crippen molar-refractivity contribution in [3.8, 4) is 5.75 Å². The van der Waals surface area contributed by atoms with E-state index in [9.17, 15) is 4.79 Å². The third kappa shape index (κ3) is 3.54. The number of methoxy groups -OCH3 is 1. The third-order valence-corrected chi connectivity index (χ3v) is 3.95. The second-order valence-corrected chi connectivity index (χ2v) is 5.20. The van der Waals surface area contributed by atoms with Crippen molar-refractivity contribution in [2.24, 2.45) is 5.73 Å². The van der Waals surface area contributed by atoms with Crippen molar-refractivity contribution < 1.29 is 14.3 Å². The molecule has 2 N–H and O–H groups in total. The first kappa shape index (κ1) is 15.8. The van der Waals surface area contributed by atoms with Crippen LogP contribution in [0.25, 0.3) is 0 Å². The number of carbonyl (C=O) groups excluding carboxylic acids is 1. The number of piperidine rings is 1. The van der Waals surface area contributed by atoms with Crippen LogP contribution in [0.3, 0.4) is 0 Å². The molecule has 1 amide bonds. The first-order valence-electron chi connectivity index (χ1n) is 7.46. The van der Waals surface area contributed by atoms with E-state index in [0.29, 0.717) is 31.0 Å². The highest BCUT2D eigenvalue weighted by molar-refractivity contribution is 5.97. The molecule has 2 rings (SSSR count). The van der Waals surface area contributed by atoms with Crippen LogP contribution in [0.2, 0.25) is 0 Å². The lowest BCUT2D eigenvalue weighted by atomic mass is 9.98. The Bertz CT molecular complexity index is 478. The first-order valence-corrected chi connectivity index (χ1v) is 7.46. The summed E-state index contributed by atoms with van der Waals surface area (Å²) in [6.07, 6.45) is 1.81. The van der Waals surface area contributed by atoms with Crippen molar-refractivity contribution in [2.45, 2.75) is 31.9 Å². The van der Waals surface area contributed by atoms with Crippen LogP contribution >= 0.6 is 0 Å². The molecule has 0 bridgehead atoms. The van der Waals surface area contributed by atoms with Gasteiger partial charge in [0.05, 0.1) is 18.3 Å². The summed E-state index contributed by atoms with van der Waals surface area (Å²) in [4.78, 5) is 14.7. The Morgan fingerprint density at radius 2 is 2.19 bits per heavy atom. The number of benzene rings is 1. The summed E-state index contributed by atoms with van der Waals surface area (Å²) in [5, 5.41) is 0. The molecule has 1 fully saturated rings. The highest BCUT2D eigenvalue weighted by Gasteiger charge is 2.32. The summed E-state index contributed by atoms with van der Waals surface area (Å²) in [6.45, 7) is 3.56. The Morgan fingerprint density at radius 1 is 1.43 bits per heavy atom. The predicted octanol–water partition coefficient (Wildman–Crippen LogP) is 1.66. The average molecular weight is 292 g/mol. The summed E-state index contributed by atoms with van der Waals surface area (Å²) < 4.78 is 11.0. The smallest absolute Gasteiger partial charge is 0.257 e. The third-order valence-electron chi connectivity index (χ3n) is 3.95. The zero-order valence-corrected chi connectivity index (χ0v) is 12.7. The van der Waals surface area contributed by atoms with Crippen molar-refractivity contribution in [3.63, 3.8) is 0 Å². The monoisotopic (exact) mass is 292 g/mol. The molecule has 0 spiro atoms. The van der Waals surface area contributed by atoms with Gasteiger partial charge in [-0.05, 0) is 31.9 Å². The second-order valence-electron chi connectivity index (χ2n) is 5.20. The highest BCUT2D eigenvalue weighted by Crippen LogP contribution is 2.25. The van der Waals surface area contributed by atoms with Gasteiger partial charge < -0.3 is 20.1 Å². The van der Waals surface area contributed by atoms with Crippen LogP contribution in [0.1, 0.15) is 30.1 Å². The molecule has 116 valence electrons. The van der Waals surface area contributed by atoms with Crippen molar-refractivity contribution in [1.29, 1.82) is 0 Å². The molecule has 0 saturated carbocycles. The van der Waals surface area contributed by atoms with E-state index in [1.807, 2.05) is 36.1 Å². The van der Waals surface area contributed by atoms with Crippen LogP contribution in [-0.2, 0) is 4.74 Å². The SMILES string of the molecule is CCOc1ccccc1C(=O)N1CCC(OC)CC1CN. The maximum atomic E-state index is 12.8. The van der Waals surface area contributed by atoms with Gasteiger partial charge in [-0.3, -0.25) is 4.79 Å². The van der Waals surface area contributed by atoms with Crippen LogP contribution in [0.4, 0.5) is 0 Å². The Morgan fingerprint density at radius 3 is 2.86 bits per heavy atom. The molecule has 5 nitrogen and oxygen atoms in total. The summed E-state index contributed by atoms with van der Waals surface area (Å²) >= 11 is 0. The second kappa shape index (κ2) is 7.43. The summed E-state index contributed by atoms with van der Waals surface area (Å²) in [5.74, 6) is 0.624. The van der Waals surface area contributed by atoms with Crippen molar-refractivity contribution in [1.82, 2.24) is 4.90 Å². The van der Waals surface area contributed by atoms with Crippen molar-refractivity contribution in [2.75, 3.05) is 26.8 Å². The maximum absolute atomic E-state index is 12.8. The number of amides is 1. The first-order chi connectivity index (χ1) is 10.2. The lowest BCUT2D eigenvalue weighted by Crippen LogP contribution is -2.51. The molecule has 0 aromatic heterocycles. The van der Waals surface area contributed by atoms with Gasteiger partial charge in [-0.2, -0.15) is 0 Å². The van der Waals surface area contributed by atoms with Gasteiger partial charge >= 0.3 is 0 Å². The molecule has 1 saturated heterocycles. The molecule has 1 aliphatic heterocycles. The Labute approximate surface area is 126 Å². The van der Waals surface area contributed by atoms with Crippen LogP contribution < -0.4 is 10.5 Å². The molecule has 1 heterocycles. The minimum absolute atomic E-state index is 0.0101. The van der Waals surface area contributed by atoms with Crippen molar-refractivity contribution >= 4 is 5.91 Å². The van der Waals surface area contributed by atoms with E-state index in [4.69, 9.17) is 15.2 Å². The molecule has 2 unspecified atom stereocenters. The van der Waals surface area contributed by atoms with Gasteiger partial charge in [0.25, 0.3) is 5.91 Å². The number of rotatable bonds is 5. The maximum Gasteiger partial charge on any atom is 0.257 e. The lowest BCUT2D eigenvalue weighted by molar-refractivity contribution is 0.0137. The van der Waals surface area contributed by atoms with E-state index in [-0.39, 0.29) is 18.1 Å². The van der Waals surface area contributed by atoms with Crippen LogP contribution in [0.15, 0.2) is 24.3 Å². The number of carbonyl (C=O) groups is 1. The van der Waals surface area contributed by atoms with E-state index in [1.54, 1.807) is 7.11 Å². The van der Waals surface area contributed by atoms with Gasteiger partial charge in [0.2, 0.25) is 0 Å². The van der Waals surface area contributed by atoms with E-state index >= 15 is 0 Å². The zero-order chi connectivity index (χ0) is 15.2. The van der Waals surface area contributed by atoms with Crippen LogP contribution in [-0.4, -0.2) is 49.8 Å². The summed E-state index contributed by atoms with van der Waals surface area (Å²) in [6, 6.07) is 7.39. The number of ether oxygens (including phenoxy) is 2. The Balaban J connectivity index is 2.19. The predicted molar refractivity (Wildman–Crippen MR) is 81.5 cm³/mol. The molecule has 2 atom stereocenters. The average Bonchev–Trinajstić information content (AvgIpc) is 2.54. The fraction of sp³-hybridized carbons (Fsp3) is 0.562. The molecule has 5 heteroatoms. The molecular formula is C16H24N2O3. The number of hydrogen-bond acceptors (Lipinski definition) is 4. The van der Waals surface area contributed by atoms with E-state index in [2.05, 4.69) is 0 Å². The Kier molecular flexibility index (Phi) is 5.59. The number of nitrogens with two attached hydrogens (primary N) is 1. The molecule has 0 radical (unpaired) electrons. The minimum Gasteiger partial charge on any atom is -0.493 e. The number of para-hydroxylation sites is 1.